The number of nitrogens with one attached hydrogen (secondary N) is 1. The lowest BCUT2D eigenvalue weighted by Crippen LogP contribution is -2.16. The number of carbonyl (C=O) groups excluding carboxylic acids is 2. The number of carbonyl (C=O) groups is 2. The normalized spacial score (nSPS) is 10.5. The van der Waals surface area contributed by atoms with Crippen LogP contribution in [0.3, 0.4) is 0 Å². The van der Waals surface area contributed by atoms with E-state index in [1.807, 2.05) is 48.5 Å². The standard InChI is InChI=1S/C25H25NO3/c27-24(15-8-16-26-19-21-11-5-2-6-12-21)22-13-7-14-23(18-22)29-25(28)17-20-9-3-1-4-10-20/h1-7,9-14,18,26H,8,15-17,19H2. The lowest BCUT2D eigenvalue weighted by Gasteiger charge is -2.07. The molecule has 0 radical (unpaired) electrons. The Hall–Kier alpha value is -3.24. The number of hydrogen-bond donors (Lipinski definition) is 1. The van der Waals surface area contributed by atoms with Gasteiger partial charge in [0.05, 0.1) is 6.42 Å². The molecule has 0 aliphatic carbocycles. The van der Waals surface area contributed by atoms with Crippen LogP contribution in [-0.2, 0) is 17.8 Å². The molecule has 0 atom stereocenters. The molecule has 0 bridgehead atoms. The first-order valence-corrected chi connectivity index (χ1v) is 9.83. The lowest BCUT2D eigenvalue weighted by molar-refractivity contribution is -0.133. The van der Waals surface area contributed by atoms with Gasteiger partial charge in [0.1, 0.15) is 5.75 Å². The van der Waals surface area contributed by atoms with Crippen molar-refractivity contribution in [1.29, 1.82) is 0 Å². The fraction of sp³-hybridized carbons (Fsp3) is 0.200. The minimum atomic E-state index is -0.342. The van der Waals surface area contributed by atoms with E-state index >= 15 is 0 Å². The Morgan fingerprint density at radius 1 is 0.793 bits per heavy atom. The van der Waals surface area contributed by atoms with E-state index in [9.17, 15) is 9.59 Å². The zero-order valence-corrected chi connectivity index (χ0v) is 16.3. The molecule has 3 aromatic carbocycles. The van der Waals surface area contributed by atoms with Crippen molar-refractivity contribution in [3.05, 3.63) is 102 Å². The Kier molecular flexibility index (Phi) is 7.72. The maximum Gasteiger partial charge on any atom is 0.315 e. The molecule has 0 amide bonds. The second-order valence-electron chi connectivity index (χ2n) is 6.85. The summed E-state index contributed by atoms with van der Waals surface area (Å²) in [7, 11) is 0. The third-order valence-corrected chi connectivity index (χ3v) is 4.51. The lowest BCUT2D eigenvalue weighted by atomic mass is 10.1. The van der Waals surface area contributed by atoms with Crippen LogP contribution in [0.25, 0.3) is 0 Å². The average Bonchev–Trinajstić information content (AvgIpc) is 2.75. The van der Waals surface area contributed by atoms with Gasteiger partial charge in [-0.25, -0.2) is 0 Å². The molecular weight excluding hydrogens is 362 g/mol. The highest BCUT2D eigenvalue weighted by atomic mass is 16.5. The number of Topliss-reactive ketones (excluding diaryl/α,β-unsaturated/α-hetero) is 1. The van der Waals surface area contributed by atoms with Gasteiger partial charge in [-0.05, 0) is 36.2 Å². The van der Waals surface area contributed by atoms with Crippen molar-refractivity contribution in [2.75, 3.05) is 6.54 Å². The topological polar surface area (TPSA) is 55.4 Å². The molecule has 0 heterocycles. The zero-order valence-electron chi connectivity index (χ0n) is 16.3. The summed E-state index contributed by atoms with van der Waals surface area (Å²) in [6.07, 6.45) is 1.40. The Balaban J connectivity index is 1.43. The summed E-state index contributed by atoms with van der Waals surface area (Å²) in [4.78, 5) is 24.5. The van der Waals surface area contributed by atoms with Crippen LogP contribution in [0.1, 0.15) is 34.3 Å². The average molecular weight is 387 g/mol. The summed E-state index contributed by atoms with van der Waals surface area (Å²) in [5, 5.41) is 3.35. The molecule has 0 fully saturated rings. The largest absolute Gasteiger partial charge is 0.426 e. The molecule has 0 aliphatic rings. The van der Waals surface area contributed by atoms with Crippen molar-refractivity contribution < 1.29 is 14.3 Å². The van der Waals surface area contributed by atoms with E-state index in [1.54, 1.807) is 24.3 Å². The van der Waals surface area contributed by atoms with Gasteiger partial charge in [-0.1, -0.05) is 72.8 Å². The highest BCUT2D eigenvalue weighted by Crippen LogP contribution is 2.16. The summed E-state index contributed by atoms with van der Waals surface area (Å²) < 4.78 is 5.40. The van der Waals surface area contributed by atoms with Crippen molar-refractivity contribution in [3.63, 3.8) is 0 Å². The molecule has 0 aliphatic heterocycles. The van der Waals surface area contributed by atoms with Gasteiger partial charge < -0.3 is 10.1 Å². The highest BCUT2D eigenvalue weighted by Gasteiger charge is 2.10. The first-order valence-electron chi connectivity index (χ1n) is 9.83. The Labute approximate surface area is 171 Å². The number of rotatable bonds is 10. The van der Waals surface area contributed by atoms with E-state index in [0.29, 0.717) is 17.7 Å². The van der Waals surface area contributed by atoms with Gasteiger partial charge in [-0.2, -0.15) is 0 Å². The molecule has 0 spiro atoms. The van der Waals surface area contributed by atoms with Crippen LogP contribution in [0.2, 0.25) is 0 Å². The summed E-state index contributed by atoms with van der Waals surface area (Å²) in [5.74, 6) is 0.109. The fourth-order valence-electron chi connectivity index (χ4n) is 3.01. The summed E-state index contributed by atoms with van der Waals surface area (Å²) in [6.45, 7) is 1.56. The molecule has 0 unspecified atom stereocenters. The SMILES string of the molecule is O=C(Cc1ccccc1)Oc1cccc(C(=O)CCCNCc2ccccc2)c1. The van der Waals surface area contributed by atoms with Crippen molar-refractivity contribution in [3.8, 4) is 5.75 Å². The monoisotopic (exact) mass is 387 g/mol. The maximum atomic E-state index is 12.4. The molecule has 0 aromatic heterocycles. The van der Waals surface area contributed by atoms with E-state index in [2.05, 4.69) is 17.4 Å². The minimum absolute atomic E-state index is 0.0486. The third-order valence-electron chi connectivity index (χ3n) is 4.51. The molecule has 0 saturated heterocycles. The van der Waals surface area contributed by atoms with Gasteiger partial charge in [0.15, 0.2) is 5.78 Å². The molecule has 3 aromatic rings. The summed E-state index contributed by atoms with van der Waals surface area (Å²) >= 11 is 0. The quantitative estimate of drug-likeness (QED) is 0.239. The first kappa shape index (κ1) is 20.5. The van der Waals surface area contributed by atoms with E-state index in [1.165, 1.54) is 5.56 Å². The van der Waals surface area contributed by atoms with Gasteiger partial charge in [-0.3, -0.25) is 9.59 Å². The number of benzene rings is 3. The molecule has 3 rings (SSSR count). The second kappa shape index (κ2) is 10.9. The predicted octanol–water partition coefficient (Wildman–Crippen LogP) is 4.59. The number of ketones is 1. The van der Waals surface area contributed by atoms with Crippen LogP contribution < -0.4 is 10.1 Å². The van der Waals surface area contributed by atoms with Gasteiger partial charge in [0.2, 0.25) is 0 Å². The van der Waals surface area contributed by atoms with Gasteiger partial charge in [0, 0.05) is 18.5 Å². The Morgan fingerprint density at radius 2 is 1.48 bits per heavy atom. The smallest absolute Gasteiger partial charge is 0.315 e. The van der Waals surface area contributed by atoms with Gasteiger partial charge in [-0.15, -0.1) is 0 Å². The van der Waals surface area contributed by atoms with Crippen LogP contribution >= 0.6 is 0 Å². The van der Waals surface area contributed by atoms with E-state index in [-0.39, 0.29) is 18.2 Å². The zero-order chi connectivity index (χ0) is 20.3. The van der Waals surface area contributed by atoms with Gasteiger partial charge in [0.25, 0.3) is 0 Å². The van der Waals surface area contributed by atoms with Crippen molar-refractivity contribution in [2.24, 2.45) is 0 Å². The summed E-state index contributed by atoms with van der Waals surface area (Å²) in [6, 6.07) is 26.4. The molecule has 4 nitrogen and oxygen atoms in total. The second-order valence-corrected chi connectivity index (χ2v) is 6.85. The number of hydrogen-bond acceptors (Lipinski definition) is 4. The van der Waals surface area contributed by atoms with Crippen LogP contribution in [0, 0.1) is 0 Å². The number of ether oxygens (including phenoxy) is 1. The molecule has 4 heteroatoms. The Bertz CT molecular complexity index is 923. The van der Waals surface area contributed by atoms with Crippen LogP contribution in [-0.4, -0.2) is 18.3 Å². The predicted molar refractivity (Wildman–Crippen MR) is 114 cm³/mol. The Morgan fingerprint density at radius 3 is 2.21 bits per heavy atom. The highest BCUT2D eigenvalue weighted by molar-refractivity contribution is 5.96. The van der Waals surface area contributed by atoms with Crippen molar-refractivity contribution >= 4 is 11.8 Å². The summed E-state index contributed by atoms with van der Waals surface area (Å²) in [5.41, 5.74) is 2.69. The van der Waals surface area contributed by atoms with E-state index in [0.717, 1.165) is 25.1 Å². The van der Waals surface area contributed by atoms with Gasteiger partial charge >= 0.3 is 5.97 Å². The minimum Gasteiger partial charge on any atom is -0.426 e. The van der Waals surface area contributed by atoms with Crippen molar-refractivity contribution in [2.45, 2.75) is 25.8 Å². The molecule has 148 valence electrons. The molecular formula is C25H25NO3. The molecule has 0 saturated carbocycles. The van der Waals surface area contributed by atoms with E-state index in [4.69, 9.17) is 4.74 Å². The van der Waals surface area contributed by atoms with E-state index < -0.39 is 0 Å². The number of esters is 1. The van der Waals surface area contributed by atoms with Crippen molar-refractivity contribution in [1.82, 2.24) is 5.32 Å². The maximum absolute atomic E-state index is 12.4. The fourth-order valence-corrected chi connectivity index (χ4v) is 3.01. The third kappa shape index (κ3) is 7.01. The van der Waals surface area contributed by atoms with Crippen LogP contribution in [0.15, 0.2) is 84.9 Å². The van der Waals surface area contributed by atoms with Crippen LogP contribution in [0.4, 0.5) is 0 Å². The first-order chi connectivity index (χ1) is 14.2. The molecule has 1 N–H and O–H groups in total. The van der Waals surface area contributed by atoms with Crippen LogP contribution in [0.5, 0.6) is 5.75 Å². The molecule has 29 heavy (non-hydrogen) atoms.